The number of carbonyl (C=O) groups is 1. The molecule has 2 aromatic carbocycles. The smallest absolute Gasteiger partial charge is 0.310 e. The Morgan fingerprint density at radius 2 is 1.85 bits per heavy atom. The molecule has 2 atom stereocenters. The molecule has 20 heavy (non-hydrogen) atoms. The number of hydrogen-bond acceptors (Lipinski definition) is 2. The second-order valence-electron chi connectivity index (χ2n) is 6.43. The van der Waals surface area contributed by atoms with Gasteiger partial charge in [0.15, 0.2) is 0 Å². The predicted octanol–water partition coefficient (Wildman–Crippen LogP) is 4.14. The van der Waals surface area contributed by atoms with Gasteiger partial charge in [-0.3, -0.25) is 4.79 Å². The zero-order chi connectivity index (χ0) is 14.3. The molecule has 3 rings (SSSR count). The fraction of sp³-hybridized carbons (Fsp3) is 0.389. The van der Waals surface area contributed by atoms with Gasteiger partial charge in [-0.1, -0.05) is 63.2 Å². The van der Waals surface area contributed by atoms with Crippen LogP contribution in [0.1, 0.15) is 32.3 Å². The molecule has 2 aromatic rings. The van der Waals surface area contributed by atoms with Crippen molar-refractivity contribution in [3.05, 3.63) is 48.0 Å². The highest BCUT2D eigenvalue weighted by Crippen LogP contribution is 2.44. The van der Waals surface area contributed by atoms with Crippen molar-refractivity contribution in [2.45, 2.75) is 26.7 Å². The molecule has 2 heteroatoms. The Kier molecular flexibility index (Phi) is 3.04. The van der Waals surface area contributed by atoms with Crippen LogP contribution in [0.2, 0.25) is 0 Å². The van der Waals surface area contributed by atoms with E-state index in [4.69, 9.17) is 4.74 Å². The van der Waals surface area contributed by atoms with Crippen molar-refractivity contribution in [3.63, 3.8) is 0 Å². The van der Waals surface area contributed by atoms with Crippen molar-refractivity contribution in [1.82, 2.24) is 0 Å². The summed E-state index contributed by atoms with van der Waals surface area (Å²) < 4.78 is 5.30. The third-order valence-electron chi connectivity index (χ3n) is 4.50. The molecule has 0 N–H and O–H groups in total. The van der Waals surface area contributed by atoms with E-state index in [0.717, 1.165) is 0 Å². The van der Waals surface area contributed by atoms with Crippen molar-refractivity contribution < 1.29 is 9.53 Å². The minimum absolute atomic E-state index is 0.0598. The maximum atomic E-state index is 12.1. The molecule has 1 aliphatic heterocycles. The summed E-state index contributed by atoms with van der Waals surface area (Å²) in [4.78, 5) is 12.1. The molecule has 0 aliphatic carbocycles. The molecule has 2 nitrogen and oxygen atoms in total. The summed E-state index contributed by atoms with van der Waals surface area (Å²) in [5.41, 5.74) is 1.13. The SMILES string of the molecule is C[C@@H](c1cccc2ccccc12)[C@H]1C(=O)OCC1(C)C. The number of carbonyl (C=O) groups excluding carboxylic acids is 1. The van der Waals surface area contributed by atoms with Gasteiger partial charge in [0.2, 0.25) is 0 Å². The Morgan fingerprint density at radius 3 is 2.55 bits per heavy atom. The molecular weight excluding hydrogens is 248 g/mol. The van der Waals surface area contributed by atoms with Crippen LogP contribution in [0.15, 0.2) is 42.5 Å². The number of rotatable bonds is 2. The molecule has 0 aromatic heterocycles. The van der Waals surface area contributed by atoms with E-state index in [1.54, 1.807) is 0 Å². The maximum Gasteiger partial charge on any atom is 0.310 e. The van der Waals surface area contributed by atoms with Gasteiger partial charge < -0.3 is 4.74 Å². The highest BCUT2D eigenvalue weighted by atomic mass is 16.5. The van der Waals surface area contributed by atoms with Gasteiger partial charge in [-0.05, 0) is 22.3 Å². The maximum absolute atomic E-state index is 12.1. The summed E-state index contributed by atoms with van der Waals surface area (Å²) in [6.07, 6.45) is 0. The normalized spacial score (nSPS) is 22.8. The lowest BCUT2D eigenvalue weighted by atomic mass is 9.71. The molecule has 0 amide bonds. The van der Waals surface area contributed by atoms with Crippen LogP contribution in [0.4, 0.5) is 0 Å². The zero-order valence-corrected chi connectivity index (χ0v) is 12.2. The van der Waals surface area contributed by atoms with E-state index in [9.17, 15) is 4.79 Å². The third-order valence-corrected chi connectivity index (χ3v) is 4.50. The van der Waals surface area contributed by atoms with Crippen LogP contribution < -0.4 is 0 Å². The van der Waals surface area contributed by atoms with Crippen molar-refractivity contribution >= 4 is 16.7 Å². The van der Waals surface area contributed by atoms with Crippen LogP contribution in [-0.4, -0.2) is 12.6 Å². The number of benzene rings is 2. The van der Waals surface area contributed by atoms with Crippen LogP contribution in [0.3, 0.4) is 0 Å². The molecule has 0 unspecified atom stereocenters. The minimum Gasteiger partial charge on any atom is -0.465 e. The minimum atomic E-state index is -0.104. The quantitative estimate of drug-likeness (QED) is 0.765. The van der Waals surface area contributed by atoms with Gasteiger partial charge in [0.05, 0.1) is 12.5 Å². The van der Waals surface area contributed by atoms with Crippen LogP contribution in [0, 0.1) is 11.3 Å². The van der Waals surface area contributed by atoms with E-state index in [0.29, 0.717) is 6.61 Å². The monoisotopic (exact) mass is 268 g/mol. The Hall–Kier alpha value is -1.83. The first kappa shape index (κ1) is 13.2. The standard InChI is InChI=1S/C18H20O2/c1-12(16-17(19)20-11-18(16,2)3)14-10-6-8-13-7-4-5-9-15(13)14/h4-10,12,16H,11H2,1-3H3/t12-,16-/m0/s1. The van der Waals surface area contributed by atoms with E-state index in [1.807, 2.05) is 6.07 Å². The molecule has 104 valence electrons. The van der Waals surface area contributed by atoms with Gasteiger partial charge in [-0.15, -0.1) is 0 Å². The van der Waals surface area contributed by atoms with E-state index < -0.39 is 0 Å². The molecule has 1 aliphatic rings. The van der Waals surface area contributed by atoms with Gasteiger partial charge in [0.25, 0.3) is 0 Å². The average molecular weight is 268 g/mol. The first-order chi connectivity index (χ1) is 9.50. The predicted molar refractivity (Wildman–Crippen MR) is 80.6 cm³/mol. The zero-order valence-electron chi connectivity index (χ0n) is 12.2. The lowest BCUT2D eigenvalue weighted by Gasteiger charge is -2.28. The number of cyclic esters (lactones) is 1. The van der Waals surface area contributed by atoms with Gasteiger partial charge in [-0.2, -0.15) is 0 Å². The van der Waals surface area contributed by atoms with E-state index in [-0.39, 0.29) is 23.2 Å². The first-order valence-corrected chi connectivity index (χ1v) is 7.15. The van der Waals surface area contributed by atoms with E-state index in [2.05, 4.69) is 57.2 Å². The van der Waals surface area contributed by atoms with Gasteiger partial charge in [0.1, 0.15) is 0 Å². The fourth-order valence-electron chi connectivity index (χ4n) is 3.46. The largest absolute Gasteiger partial charge is 0.465 e. The summed E-state index contributed by atoms with van der Waals surface area (Å²) >= 11 is 0. The second-order valence-corrected chi connectivity index (χ2v) is 6.43. The van der Waals surface area contributed by atoms with E-state index >= 15 is 0 Å². The van der Waals surface area contributed by atoms with Gasteiger partial charge in [-0.25, -0.2) is 0 Å². The molecular formula is C18H20O2. The Bertz CT molecular complexity index is 652. The van der Waals surface area contributed by atoms with E-state index in [1.165, 1.54) is 16.3 Å². The number of esters is 1. The number of fused-ring (bicyclic) bond motifs is 1. The lowest BCUT2D eigenvalue weighted by Crippen LogP contribution is -2.29. The molecule has 0 spiro atoms. The number of hydrogen-bond donors (Lipinski definition) is 0. The second kappa shape index (κ2) is 4.62. The Morgan fingerprint density at radius 1 is 1.15 bits per heavy atom. The summed E-state index contributed by atoms with van der Waals surface area (Å²) in [6, 6.07) is 14.7. The third kappa shape index (κ3) is 2.00. The molecule has 1 fully saturated rings. The average Bonchev–Trinajstić information content (AvgIpc) is 2.71. The number of ether oxygens (including phenoxy) is 1. The Balaban J connectivity index is 2.09. The summed E-state index contributed by atoms with van der Waals surface area (Å²) in [5, 5.41) is 2.46. The molecule has 0 radical (unpaired) electrons. The fourth-order valence-corrected chi connectivity index (χ4v) is 3.46. The molecule has 1 saturated heterocycles. The Labute approximate surface area is 119 Å². The van der Waals surface area contributed by atoms with Crippen molar-refractivity contribution in [1.29, 1.82) is 0 Å². The summed E-state index contributed by atoms with van der Waals surface area (Å²) in [6.45, 7) is 6.89. The highest BCUT2D eigenvalue weighted by molar-refractivity contribution is 5.87. The van der Waals surface area contributed by atoms with Crippen molar-refractivity contribution in [2.24, 2.45) is 11.3 Å². The van der Waals surface area contributed by atoms with Crippen LogP contribution in [0.25, 0.3) is 10.8 Å². The first-order valence-electron chi connectivity index (χ1n) is 7.15. The summed E-state index contributed by atoms with van der Waals surface area (Å²) in [7, 11) is 0. The van der Waals surface area contributed by atoms with Crippen LogP contribution in [-0.2, 0) is 9.53 Å². The molecule has 1 heterocycles. The topological polar surface area (TPSA) is 26.3 Å². The van der Waals surface area contributed by atoms with Crippen LogP contribution >= 0.6 is 0 Å². The summed E-state index contributed by atoms with van der Waals surface area (Å²) in [5.74, 6) is 0.0230. The highest BCUT2D eigenvalue weighted by Gasteiger charge is 2.46. The van der Waals surface area contributed by atoms with Crippen molar-refractivity contribution in [2.75, 3.05) is 6.61 Å². The van der Waals surface area contributed by atoms with Crippen LogP contribution in [0.5, 0.6) is 0 Å². The van der Waals surface area contributed by atoms with Gasteiger partial charge >= 0.3 is 5.97 Å². The molecule has 0 bridgehead atoms. The van der Waals surface area contributed by atoms with Gasteiger partial charge in [0, 0.05) is 5.41 Å². The lowest BCUT2D eigenvalue weighted by molar-refractivity contribution is -0.141. The van der Waals surface area contributed by atoms with Crippen molar-refractivity contribution in [3.8, 4) is 0 Å². The molecule has 0 saturated carbocycles.